The molecule has 1 saturated heterocycles. The van der Waals surface area contributed by atoms with Crippen LogP contribution in [0.4, 0.5) is 4.39 Å². The van der Waals surface area contributed by atoms with E-state index in [2.05, 4.69) is 5.32 Å². The molecule has 3 N–H and O–H groups in total. The number of nitrogens with two attached hydrogens (primary N) is 1. The lowest BCUT2D eigenvalue weighted by Crippen LogP contribution is -2.46. The summed E-state index contributed by atoms with van der Waals surface area (Å²) in [6.45, 7) is 2.08. The number of halogens is 1. The zero-order chi connectivity index (χ0) is 17.4. The van der Waals surface area contributed by atoms with E-state index in [1.165, 1.54) is 23.9 Å². The second-order valence-electron chi connectivity index (χ2n) is 5.81. The van der Waals surface area contributed by atoms with Gasteiger partial charge in [-0.1, -0.05) is 0 Å². The molecule has 1 aliphatic rings. The fraction of sp³-hybridized carbons (Fsp3) is 0.529. The van der Waals surface area contributed by atoms with Gasteiger partial charge < -0.3 is 16.0 Å². The largest absolute Gasteiger partial charge is 0.355 e. The van der Waals surface area contributed by atoms with Crippen molar-refractivity contribution >= 4 is 23.6 Å². The Kier molecular flexibility index (Phi) is 7.52. The summed E-state index contributed by atoms with van der Waals surface area (Å²) in [5, 5.41) is 2.79. The Hall–Kier alpha value is -1.60. The minimum atomic E-state index is -0.261. The van der Waals surface area contributed by atoms with Crippen molar-refractivity contribution < 1.29 is 14.0 Å². The number of piperidine rings is 1. The lowest BCUT2D eigenvalue weighted by molar-refractivity contribution is -0.135. The number of nitrogens with one attached hydrogen (secondary N) is 1. The van der Waals surface area contributed by atoms with Gasteiger partial charge in [-0.15, -0.1) is 11.8 Å². The number of benzene rings is 1. The molecule has 132 valence electrons. The fourth-order valence-corrected chi connectivity index (χ4v) is 3.54. The van der Waals surface area contributed by atoms with Crippen LogP contribution in [0.3, 0.4) is 0 Å². The van der Waals surface area contributed by atoms with E-state index in [4.69, 9.17) is 5.73 Å². The number of nitrogens with zero attached hydrogens (tertiary/aromatic N) is 1. The van der Waals surface area contributed by atoms with Gasteiger partial charge in [0.1, 0.15) is 5.82 Å². The van der Waals surface area contributed by atoms with E-state index in [-0.39, 0.29) is 23.5 Å². The summed E-state index contributed by atoms with van der Waals surface area (Å²) >= 11 is 1.53. The molecule has 0 aromatic heterocycles. The van der Waals surface area contributed by atoms with E-state index in [9.17, 15) is 14.0 Å². The smallest absolute Gasteiger partial charge is 0.224 e. The molecule has 1 aromatic carbocycles. The Morgan fingerprint density at radius 2 is 2.08 bits per heavy atom. The van der Waals surface area contributed by atoms with Crippen molar-refractivity contribution in [1.29, 1.82) is 0 Å². The van der Waals surface area contributed by atoms with Crippen molar-refractivity contribution in [2.24, 2.45) is 11.7 Å². The third-order valence-electron chi connectivity index (χ3n) is 3.99. The van der Waals surface area contributed by atoms with Crippen LogP contribution >= 0.6 is 11.8 Å². The SMILES string of the molecule is NCCNC(=O)C1CCCN(C(=O)CCSc2ccc(F)cc2)C1. The molecule has 7 heteroatoms. The summed E-state index contributed by atoms with van der Waals surface area (Å²) in [6, 6.07) is 6.26. The minimum absolute atomic E-state index is 0.0152. The van der Waals surface area contributed by atoms with Gasteiger partial charge in [-0.3, -0.25) is 9.59 Å². The molecule has 1 unspecified atom stereocenters. The molecule has 1 aliphatic heterocycles. The van der Waals surface area contributed by atoms with Crippen LogP contribution in [0, 0.1) is 11.7 Å². The number of carbonyl (C=O) groups excluding carboxylic acids is 2. The van der Waals surface area contributed by atoms with Crippen LogP contribution in [0.25, 0.3) is 0 Å². The van der Waals surface area contributed by atoms with Crippen molar-refractivity contribution in [1.82, 2.24) is 10.2 Å². The number of carbonyl (C=O) groups is 2. The van der Waals surface area contributed by atoms with Crippen LogP contribution in [0.15, 0.2) is 29.2 Å². The number of hydrogen-bond donors (Lipinski definition) is 2. The van der Waals surface area contributed by atoms with Crippen LogP contribution in [-0.2, 0) is 9.59 Å². The molecular weight excluding hydrogens is 329 g/mol. The lowest BCUT2D eigenvalue weighted by Gasteiger charge is -2.32. The normalized spacial score (nSPS) is 17.6. The van der Waals surface area contributed by atoms with Gasteiger partial charge in [0.2, 0.25) is 11.8 Å². The number of rotatable bonds is 7. The molecule has 2 rings (SSSR count). The molecule has 1 aromatic rings. The van der Waals surface area contributed by atoms with Crippen molar-refractivity contribution in [2.45, 2.75) is 24.2 Å². The maximum Gasteiger partial charge on any atom is 0.224 e. The molecular formula is C17H24FN3O2S. The Balaban J connectivity index is 1.75. The molecule has 0 saturated carbocycles. The van der Waals surface area contributed by atoms with Gasteiger partial charge in [-0.05, 0) is 37.1 Å². The summed E-state index contributed by atoms with van der Waals surface area (Å²) in [7, 11) is 0. The summed E-state index contributed by atoms with van der Waals surface area (Å²) in [5.74, 6) is 0.298. The van der Waals surface area contributed by atoms with E-state index in [0.717, 1.165) is 17.7 Å². The Labute approximate surface area is 146 Å². The first-order chi connectivity index (χ1) is 11.6. The van der Waals surface area contributed by atoms with Crippen molar-refractivity contribution in [3.8, 4) is 0 Å². The highest BCUT2D eigenvalue weighted by Crippen LogP contribution is 2.21. The molecule has 0 aliphatic carbocycles. The quantitative estimate of drug-likeness (QED) is 0.731. The standard InChI is InChI=1S/C17H24FN3O2S/c18-14-3-5-15(6-4-14)24-11-7-16(22)21-10-1-2-13(12-21)17(23)20-9-8-19/h3-6,13H,1-2,7-12,19H2,(H,20,23). The predicted octanol–water partition coefficient (Wildman–Crippen LogP) is 1.62. The van der Waals surface area contributed by atoms with Gasteiger partial charge in [-0.25, -0.2) is 4.39 Å². The van der Waals surface area contributed by atoms with Crippen molar-refractivity contribution in [3.63, 3.8) is 0 Å². The molecule has 0 spiro atoms. The summed E-state index contributed by atoms with van der Waals surface area (Å²) < 4.78 is 12.8. The van der Waals surface area contributed by atoms with Gasteiger partial charge in [0.15, 0.2) is 0 Å². The molecule has 0 bridgehead atoms. The van der Waals surface area contributed by atoms with E-state index in [0.29, 0.717) is 38.4 Å². The first-order valence-electron chi connectivity index (χ1n) is 8.24. The third-order valence-corrected chi connectivity index (χ3v) is 5.00. The van der Waals surface area contributed by atoms with Gasteiger partial charge in [0, 0.05) is 43.2 Å². The zero-order valence-corrected chi connectivity index (χ0v) is 14.5. The van der Waals surface area contributed by atoms with E-state index in [1.54, 1.807) is 17.0 Å². The second-order valence-corrected chi connectivity index (χ2v) is 6.98. The van der Waals surface area contributed by atoms with Crippen LogP contribution in [0.1, 0.15) is 19.3 Å². The maximum absolute atomic E-state index is 12.8. The topological polar surface area (TPSA) is 75.4 Å². The molecule has 2 amide bonds. The van der Waals surface area contributed by atoms with E-state index >= 15 is 0 Å². The van der Waals surface area contributed by atoms with Gasteiger partial charge in [-0.2, -0.15) is 0 Å². The minimum Gasteiger partial charge on any atom is -0.355 e. The lowest BCUT2D eigenvalue weighted by atomic mass is 9.97. The first kappa shape index (κ1) is 18.7. The molecule has 1 fully saturated rings. The van der Waals surface area contributed by atoms with Crippen LogP contribution < -0.4 is 11.1 Å². The van der Waals surface area contributed by atoms with Gasteiger partial charge in [0.05, 0.1) is 5.92 Å². The first-order valence-corrected chi connectivity index (χ1v) is 9.22. The van der Waals surface area contributed by atoms with Crippen LogP contribution in [-0.4, -0.2) is 48.6 Å². The summed E-state index contributed by atoms with van der Waals surface area (Å²) in [6.07, 6.45) is 2.07. The van der Waals surface area contributed by atoms with Crippen molar-refractivity contribution in [3.05, 3.63) is 30.1 Å². The molecule has 5 nitrogen and oxygen atoms in total. The van der Waals surface area contributed by atoms with Crippen LogP contribution in [0.5, 0.6) is 0 Å². The number of likely N-dealkylation sites (tertiary alicyclic amines) is 1. The fourth-order valence-electron chi connectivity index (χ4n) is 2.70. The number of amides is 2. The Morgan fingerprint density at radius 1 is 1.33 bits per heavy atom. The highest BCUT2D eigenvalue weighted by Gasteiger charge is 2.27. The Morgan fingerprint density at radius 3 is 2.79 bits per heavy atom. The van der Waals surface area contributed by atoms with E-state index < -0.39 is 0 Å². The van der Waals surface area contributed by atoms with Gasteiger partial charge in [0.25, 0.3) is 0 Å². The van der Waals surface area contributed by atoms with Crippen molar-refractivity contribution in [2.75, 3.05) is 31.9 Å². The second kappa shape index (κ2) is 9.64. The van der Waals surface area contributed by atoms with Gasteiger partial charge >= 0.3 is 0 Å². The average Bonchev–Trinajstić information content (AvgIpc) is 2.61. The molecule has 1 heterocycles. The number of thioether (sulfide) groups is 1. The number of hydrogen-bond acceptors (Lipinski definition) is 4. The highest BCUT2D eigenvalue weighted by molar-refractivity contribution is 7.99. The predicted molar refractivity (Wildman–Crippen MR) is 93.1 cm³/mol. The zero-order valence-electron chi connectivity index (χ0n) is 13.7. The molecule has 1 atom stereocenters. The maximum atomic E-state index is 12.8. The highest BCUT2D eigenvalue weighted by atomic mass is 32.2. The molecule has 0 radical (unpaired) electrons. The Bertz CT molecular complexity index is 553. The molecule has 24 heavy (non-hydrogen) atoms. The third kappa shape index (κ3) is 5.79. The summed E-state index contributed by atoms with van der Waals surface area (Å²) in [5.41, 5.74) is 5.39. The van der Waals surface area contributed by atoms with Crippen LogP contribution in [0.2, 0.25) is 0 Å². The van der Waals surface area contributed by atoms with E-state index in [1.807, 2.05) is 0 Å². The summed E-state index contributed by atoms with van der Waals surface area (Å²) in [4.78, 5) is 27.1. The average molecular weight is 353 g/mol. The monoisotopic (exact) mass is 353 g/mol.